The maximum atomic E-state index is 12.3. The monoisotopic (exact) mass is 318 g/mol. The number of hydrogen-bond acceptors (Lipinski definition) is 4. The van der Waals surface area contributed by atoms with E-state index in [-0.39, 0.29) is 24.0 Å². The van der Waals surface area contributed by atoms with E-state index in [0.717, 1.165) is 49.2 Å². The first-order valence-corrected chi connectivity index (χ1v) is 8.49. The number of nitrogens with two attached hydrogens (primary N) is 1. The molecule has 1 aromatic rings. The van der Waals surface area contributed by atoms with Gasteiger partial charge in [0.15, 0.2) is 0 Å². The van der Waals surface area contributed by atoms with E-state index in [1.54, 1.807) is 0 Å². The third-order valence-corrected chi connectivity index (χ3v) is 4.70. The van der Waals surface area contributed by atoms with Gasteiger partial charge in [-0.2, -0.15) is 0 Å². The third kappa shape index (κ3) is 4.24. The summed E-state index contributed by atoms with van der Waals surface area (Å²) < 4.78 is 11.4. The van der Waals surface area contributed by atoms with E-state index in [4.69, 9.17) is 15.2 Å². The fraction of sp³-hybridized carbons (Fsp3) is 0.611. The van der Waals surface area contributed by atoms with Gasteiger partial charge in [0.2, 0.25) is 5.91 Å². The molecule has 3 atom stereocenters. The van der Waals surface area contributed by atoms with Crippen LogP contribution in [0.2, 0.25) is 0 Å². The van der Waals surface area contributed by atoms with Crippen LogP contribution in [0.1, 0.15) is 36.8 Å². The molecule has 3 N–H and O–H groups in total. The Morgan fingerprint density at radius 3 is 2.96 bits per heavy atom. The van der Waals surface area contributed by atoms with Gasteiger partial charge in [0.05, 0.1) is 13.2 Å². The minimum Gasteiger partial charge on any atom is -0.488 e. The van der Waals surface area contributed by atoms with E-state index in [1.165, 1.54) is 0 Å². The molecule has 1 aliphatic carbocycles. The van der Waals surface area contributed by atoms with Crippen molar-refractivity contribution in [3.05, 3.63) is 29.3 Å². The Morgan fingerprint density at radius 2 is 2.26 bits per heavy atom. The lowest BCUT2D eigenvalue weighted by Crippen LogP contribution is -2.30. The van der Waals surface area contributed by atoms with Gasteiger partial charge in [-0.1, -0.05) is 12.1 Å². The summed E-state index contributed by atoms with van der Waals surface area (Å²) in [6, 6.07) is 6.28. The van der Waals surface area contributed by atoms with Crippen LogP contribution >= 0.6 is 0 Å². The molecule has 1 aromatic carbocycles. The molecule has 126 valence electrons. The predicted octanol–water partition coefficient (Wildman–Crippen LogP) is 1.91. The van der Waals surface area contributed by atoms with Gasteiger partial charge >= 0.3 is 0 Å². The fourth-order valence-electron chi connectivity index (χ4n) is 3.28. The molecule has 1 saturated carbocycles. The summed E-state index contributed by atoms with van der Waals surface area (Å²) in [6.07, 6.45) is 3.66. The molecule has 1 aliphatic heterocycles. The lowest BCUT2D eigenvalue weighted by atomic mass is 10.1. The zero-order valence-corrected chi connectivity index (χ0v) is 13.7. The van der Waals surface area contributed by atoms with Crippen LogP contribution in [-0.4, -0.2) is 31.3 Å². The number of nitrogens with one attached hydrogen (secondary N) is 1. The van der Waals surface area contributed by atoms with Crippen molar-refractivity contribution in [3.8, 4) is 5.75 Å². The Bertz CT molecular complexity index is 555. The molecule has 0 bridgehead atoms. The quantitative estimate of drug-likeness (QED) is 0.870. The minimum absolute atomic E-state index is 0.0584. The molecule has 0 unspecified atom stereocenters. The topological polar surface area (TPSA) is 73.6 Å². The number of amides is 1. The van der Waals surface area contributed by atoms with Crippen LogP contribution in [0.15, 0.2) is 18.2 Å². The van der Waals surface area contributed by atoms with E-state index >= 15 is 0 Å². The zero-order chi connectivity index (χ0) is 16.2. The average Bonchev–Trinajstić information content (AvgIpc) is 3.18. The number of carbonyl (C=O) groups is 1. The third-order valence-electron chi connectivity index (χ3n) is 4.70. The summed E-state index contributed by atoms with van der Waals surface area (Å²) in [4.78, 5) is 12.3. The summed E-state index contributed by atoms with van der Waals surface area (Å²) in [5.74, 6) is 1.01. The number of rotatable bonds is 5. The van der Waals surface area contributed by atoms with Gasteiger partial charge in [-0.25, -0.2) is 0 Å². The van der Waals surface area contributed by atoms with E-state index in [2.05, 4.69) is 5.32 Å². The van der Waals surface area contributed by atoms with E-state index < -0.39 is 0 Å². The van der Waals surface area contributed by atoms with Crippen LogP contribution in [0.25, 0.3) is 0 Å². The first-order chi connectivity index (χ1) is 11.1. The molecule has 1 amide bonds. The molecule has 0 aromatic heterocycles. The van der Waals surface area contributed by atoms with Crippen LogP contribution < -0.4 is 15.8 Å². The van der Waals surface area contributed by atoms with Crippen molar-refractivity contribution in [2.45, 2.75) is 51.3 Å². The molecule has 5 heteroatoms. The number of carbonyl (C=O) groups excluding carboxylic acids is 1. The molecule has 2 fully saturated rings. The molecule has 0 spiro atoms. The maximum absolute atomic E-state index is 12.3. The highest BCUT2D eigenvalue weighted by Gasteiger charge is 2.27. The average molecular weight is 318 g/mol. The molecular weight excluding hydrogens is 292 g/mol. The minimum atomic E-state index is 0.0584. The Hall–Kier alpha value is -1.59. The molecule has 2 aliphatic rings. The van der Waals surface area contributed by atoms with Crippen molar-refractivity contribution in [3.63, 3.8) is 0 Å². The van der Waals surface area contributed by atoms with Crippen LogP contribution in [-0.2, 0) is 16.1 Å². The summed E-state index contributed by atoms with van der Waals surface area (Å²) in [7, 11) is 0. The van der Waals surface area contributed by atoms with Crippen molar-refractivity contribution in [2.24, 2.45) is 11.7 Å². The van der Waals surface area contributed by atoms with Crippen LogP contribution in [0.5, 0.6) is 5.75 Å². The highest BCUT2D eigenvalue weighted by Crippen LogP contribution is 2.26. The highest BCUT2D eigenvalue weighted by molar-refractivity contribution is 5.79. The molecule has 5 nitrogen and oxygen atoms in total. The Balaban J connectivity index is 1.61. The Morgan fingerprint density at radius 1 is 1.39 bits per heavy atom. The largest absolute Gasteiger partial charge is 0.488 e. The molecule has 23 heavy (non-hydrogen) atoms. The van der Waals surface area contributed by atoms with Gasteiger partial charge in [-0.3, -0.25) is 4.79 Å². The smallest absolute Gasteiger partial charge is 0.223 e. The molecular formula is C18H26N2O3. The second-order valence-corrected chi connectivity index (χ2v) is 6.70. The number of benzene rings is 1. The summed E-state index contributed by atoms with van der Waals surface area (Å²) in [5, 5.41) is 3.04. The SMILES string of the molecule is Cc1ccc(CNC(=O)[C@@H]2CC[C@H](N)C2)c(O[C@@H]2CCOC2)c1. The first kappa shape index (κ1) is 16.3. The van der Waals surface area contributed by atoms with Crippen molar-refractivity contribution in [1.29, 1.82) is 0 Å². The van der Waals surface area contributed by atoms with Crippen molar-refractivity contribution in [1.82, 2.24) is 5.32 Å². The standard InChI is InChI=1S/C18H26N2O3/c1-12-2-3-14(17(8-12)23-16-6-7-22-11-16)10-20-18(21)13-4-5-15(19)9-13/h2-3,8,13,15-16H,4-7,9-11,19H2,1H3,(H,20,21)/t13-,15+,16-/m1/s1. The lowest BCUT2D eigenvalue weighted by Gasteiger charge is -2.17. The second-order valence-electron chi connectivity index (χ2n) is 6.70. The van der Waals surface area contributed by atoms with Crippen LogP contribution in [0.4, 0.5) is 0 Å². The van der Waals surface area contributed by atoms with Crippen molar-refractivity contribution < 1.29 is 14.3 Å². The molecule has 1 saturated heterocycles. The van der Waals surface area contributed by atoms with Gasteiger partial charge in [0.1, 0.15) is 11.9 Å². The number of ether oxygens (including phenoxy) is 2. The highest BCUT2D eigenvalue weighted by atomic mass is 16.5. The summed E-state index contributed by atoms with van der Waals surface area (Å²) >= 11 is 0. The number of hydrogen-bond donors (Lipinski definition) is 2. The fourth-order valence-corrected chi connectivity index (χ4v) is 3.28. The maximum Gasteiger partial charge on any atom is 0.223 e. The van der Waals surface area contributed by atoms with E-state index in [0.29, 0.717) is 13.2 Å². The van der Waals surface area contributed by atoms with Crippen molar-refractivity contribution in [2.75, 3.05) is 13.2 Å². The van der Waals surface area contributed by atoms with Crippen LogP contribution in [0.3, 0.4) is 0 Å². The van der Waals surface area contributed by atoms with Gasteiger partial charge in [-0.15, -0.1) is 0 Å². The normalized spacial score (nSPS) is 27.1. The molecule has 0 radical (unpaired) electrons. The summed E-state index contributed by atoms with van der Waals surface area (Å²) in [5.41, 5.74) is 8.05. The number of aryl methyl sites for hydroxylation is 1. The second kappa shape index (κ2) is 7.32. The van der Waals surface area contributed by atoms with E-state index in [1.807, 2.05) is 25.1 Å². The predicted molar refractivity (Wildman–Crippen MR) is 88.2 cm³/mol. The first-order valence-electron chi connectivity index (χ1n) is 8.49. The van der Waals surface area contributed by atoms with Gasteiger partial charge in [0, 0.05) is 30.5 Å². The van der Waals surface area contributed by atoms with Gasteiger partial charge < -0.3 is 20.5 Å². The van der Waals surface area contributed by atoms with Gasteiger partial charge in [-0.05, 0) is 37.8 Å². The Labute approximate surface area is 137 Å². The van der Waals surface area contributed by atoms with Crippen molar-refractivity contribution >= 4 is 5.91 Å². The lowest BCUT2D eigenvalue weighted by molar-refractivity contribution is -0.125. The van der Waals surface area contributed by atoms with Gasteiger partial charge in [0.25, 0.3) is 0 Å². The summed E-state index contributed by atoms with van der Waals surface area (Å²) in [6.45, 7) is 3.93. The zero-order valence-electron chi connectivity index (χ0n) is 13.7. The molecule has 3 rings (SSSR count). The van der Waals surface area contributed by atoms with E-state index in [9.17, 15) is 4.79 Å². The molecule has 1 heterocycles. The van der Waals surface area contributed by atoms with Crippen LogP contribution in [0, 0.1) is 12.8 Å². The Kier molecular flexibility index (Phi) is 5.18.